The van der Waals surface area contributed by atoms with Gasteiger partial charge in [-0.1, -0.05) is 69.3 Å². The molecule has 63 heavy (non-hydrogen) atoms. The molecule has 0 radical (unpaired) electrons. The van der Waals surface area contributed by atoms with Crippen LogP contribution < -0.4 is 46.3 Å². The first kappa shape index (κ1) is 43.6. The van der Waals surface area contributed by atoms with Crippen LogP contribution in [-0.4, -0.2) is 51.2 Å². The Morgan fingerprint density at radius 3 is 1.41 bits per heavy atom. The SMILES string of the molecule is COc1ccc(CNc2ccc(C3CCC(c4ccc(NCc5ccc(OC)cc5)c(NC(=O)[C@@H]5CCCN5)c4)N3c3ccc(C(C)(C)C)cc3)cc2NC(=O)[C@@H]2CCCN2)cc1. The largest absolute Gasteiger partial charge is 0.497 e. The highest BCUT2D eigenvalue weighted by atomic mass is 16.5. The van der Waals surface area contributed by atoms with E-state index in [2.05, 4.69) is 118 Å². The van der Waals surface area contributed by atoms with Crippen molar-refractivity contribution in [1.29, 1.82) is 0 Å². The van der Waals surface area contributed by atoms with Gasteiger partial charge >= 0.3 is 0 Å². The normalized spacial score (nSPS) is 19.7. The molecule has 5 aromatic carbocycles. The summed E-state index contributed by atoms with van der Waals surface area (Å²) in [7, 11) is 3.34. The molecule has 11 heteroatoms. The molecule has 3 fully saturated rings. The van der Waals surface area contributed by atoms with Gasteiger partial charge < -0.3 is 46.3 Å². The molecule has 0 saturated carbocycles. The number of methoxy groups -OCH3 is 2. The molecule has 2 amide bonds. The fourth-order valence-electron chi connectivity index (χ4n) is 9.15. The van der Waals surface area contributed by atoms with Crippen LogP contribution in [0, 0.1) is 0 Å². The number of hydrogen-bond acceptors (Lipinski definition) is 9. The third-order valence-corrected chi connectivity index (χ3v) is 12.8. The predicted octanol–water partition coefficient (Wildman–Crippen LogP) is 9.69. The molecule has 8 rings (SSSR count). The number of amides is 2. The summed E-state index contributed by atoms with van der Waals surface area (Å²) in [4.78, 5) is 29.9. The molecule has 11 nitrogen and oxygen atoms in total. The number of carbonyl (C=O) groups is 2. The Hall–Kier alpha value is -6.04. The van der Waals surface area contributed by atoms with Crippen molar-refractivity contribution in [2.24, 2.45) is 0 Å². The van der Waals surface area contributed by atoms with E-state index in [1.165, 1.54) is 5.56 Å². The van der Waals surface area contributed by atoms with Gasteiger partial charge in [0.2, 0.25) is 11.8 Å². The first-order chi connectivity index (χ1) is 30.6. The van der Waals surface area contributed by atoms with Gasteiger partial charge in [-0.2, -0.15) is 0 Å². The van der Waals surface area contributed by atoms with Crippen LogP contribution in [0.2, 0.25) is 0 Å². The molecular formula is C52H63N7O4. The van der Waals surface area contributed by atoms with Crippen LogP contribution in [0.25, 0.3) is 0 Å². The van der Waals surface area contributed by atoms with Crippen molar-refractivity contribution in [1.82, 2.24) is 10.6 Å². The summed E-state index contributed by atoms with van der Waals surface area (Å²) >= 11 is 0. The Labute approximate surface area is 372 Å². The topological polar surface area (TPSA) is 128 Å². The summed E-state index contributed by atoms with van der Waals surface area (Å²) in [6, 6.07) is 37.6. The fourth-order valence-corrected chi connectivity index (χ4v) is 9.15. The van der Waals surface area contributed by atoms with Crippen LogP contribution >= 0.6 is 0 Å². The van der Waals surface area contributed by atoms with E-state index >= 15 is 0 Å². The van der Waals surface area contributed by atoms with Crippen LogP contribution in [-0.2, 0) is 28.1 Å². The molecular weight excluding hydrogens is 787 g/mol. The number of hydrogen-bond donors (Lipinski definition) is 6. The van der Waals surface area contributed by atoms with Crippen LogP contribution in [0.15, 0.2) is 109 Å². The lowest BCUT2D eigenvalue weighted by atomic mass is 9.87. The van der Waals surface area contributed by atoms with Gasteiger partial charge in [0.15, 0.2) is 0 Å². The van der Waals surface area contributed by atoms with Crippen LogP contribution in [0.5, 0.6) is 11.5 Å². The maximum Gasteiger partial charge on any atom is 0.241 e. The molecule has 0 bridgehead atoms. The predicted molar refractivity (Wildman–Crippen MR) is 255 cm³/mol. The number of benzene rings is 5. The number of nitrogens with zero attached hydrogens (tertiary/aromatic N) is 1. The molecule has 2 unspecified atom stereocenters. The first-order valence-corrected chi connectivity index (χ1v) is 22.5. The quantitative estimate of drug-likeness (QED) is 0.0611. The third kappa shape index (κ3) is 10.4. The highest BCUT2D eigenvalue weighted by Crippen LogP contribution is 2.49. The third-order valence-electron chi connectivity index (χ3n) is 12.8. The zero-order valence-corrected chi connectivity index (χ0v) is 37.4. The molecule has 3 heterocycles. The Kier molecular flexibility index (Phi) is 13.5. The molecule has 0 aromatic heterocycles. The summed E-state index contributed by atoms with van der Waals surface area (Å²) in [5.74, 6) is 1.60. The standard InChI is InChI=1S/C52H63N7O4/c1-52(2,3)38-16-18-39(19-17-38)59-48(36-14-24-42(55-32-34-10-20-40(62-4)21-11-34)46(30-36)57-50(60)44-8-6-28-53-44)26-27-49(59)37-15-25-43(56-33-35-12-22-41(63-5)23-13-35)47(31-37)58-51(61)45-9-7-29-54-45/h10-25,30-31,44-45,48-49,53-56H,6-9,26-29,32-33H2,1-5H3,(H,57,60)(H,58,61)/t44-,45-,48?,49?/m0/s1. The van der Waals surface area contributed by atoms with Crippen molar-refractivity contribution in [2.45, 2.75) is 102 Å². The van der Waals surface area contributed by atoms with Crippen LogP contribution in [0.1, 0.15) is 99.2 Å². The fraction of sp³-hybridized carbons (Fsp3) is 0.385. The molecule has 3 saturated heterocycles. The number of rotatable bonds is 15. The van der Waals surface area contributed by atoms with Crippen molar-refractivity contribution in [2.75, 3.05) is 53.5 Å². The summed E-state index contributed by atoms with van der Waals surface area (Å²) < 4.78 is 10.8. The van der Waals surface area contributed by atoms with E-state index in [1.54, 1.807) is 14.2 Å². The average Bonchev–Trinajstić information content (AvgIpc) is 4.12. The van der Waals surface area contributed by atoms with Crippen molar-refractivity contribution >= 4 is 40.3 Å². The minimum absolute atomic E-state index is 0.00814. The lowest BCUT2D eigenvalue weighted by Gasteiger charge is -2.34. The van der Waals surface area contributed by atoms with Gasteiger partial charge in [0.25, 0.3) is 0 Å². The smallest absolute Gasteiger partial charge is 0.241 e. The average molecular weight is 850 g/mol. The van der Waals surface area contributed by atoms with E-state index < -0.39 is 0 Å². The lowest BCUT2D eigenvalue weighted by Crippen LogP contribution is -2.35. The number of ether oxygens (including phenoxy) is 2. The zero-order chi connectivity index (χ0) is 43.9. The van der Waals surface area contributed by atoms with E-state index in [9.17, 15) is 9.59 Å². The Balaban J connectivity index is 1.13. The lowest BCUT2D eigenvalue weighted by molar-refractivity contribution is -0.118. The van der Waals surface area contributed by atoms with Crippen molar-refractivity contribution in [3.63, 3.8) is 0 Å². The van der Waals surface area contributed by atoms with Crippen molar-refractivity contribution in [3.05, 3.63) is 137 Å². The van der Waals surface area contributed by atoms with E-state index in [-0.39, 0.29) is 41.4 Å². The second-order valence-corrected chi connectivity index (χ2v) is 18.1. The molecule has 6 N–H and O–H groups in total. The Bertz CT molecular complexity index is 2190. The molecule has 0 aliphatic carbocycles. The first-order valence-electron chi connectivity index (χ1n) is 22.5. The molecule has 3 aliphatic rings. The van der Waals surface area contributed by atoms with Gasteiger partial charge in [0.1, 0.15) is 11.5 Å². The maximum atomic E-state index is 13.7. The van der Waals surface area contributed by atoms with E-state index in [0.29, 0.717) is 13.1 Å². The molecule has 4 atom stereocenters. The van der Waals surface area contributed by atoms with Gasteiger partial charge in [0, 0.05) is 18.8 Å². The highest BCUT2D eigenvalue weighted by Gasteiger charge is 2.37. The van der Waals surface area contributed by atoms with Gasteiger partial charge in [-0.3, -0.25) is 9.59 Å². The summed E-state index contributed by atoms with van der Waals surface area (Å²) in [5, 5.41) is 20.6. The Morgan fingerprint density at radius 1 is 0.587 bits per heavy atom. The second-order valence-electron chi connectivity index (χ2n) is 18.1. The van der Waals surface area contributed by atoms with E-state index in [0.717, 1.165) is 114 Å². The minimum atomic E-state index is -0.218. The second kappa shape index (κ2) is 19.6. The summed E-state index contributed by atoms with van der Waals surface area (Å²) in [6.07, 6.45) is 5.39. The van der Waals surface area contributed by atoms with Crippen LogP contribution in [0.4, 0.5) is 28.4 Å². The van der Waals surface area contributed by atoms with Crippen LogP contribution in [0.3, 0.4) is 0 Å². The van der Waals surface area contributed by atoms with Crippen molar-refractivity contribution in [3.8, 4) is 11.5 Å². The highest BCUT2D eigenvalue weighted by molar-refractivity contribution is 5.99. The number of nitrogens with one attached hydrogen (secondary N) is 6. The number of anilines is 5. The van der Waals surface area contributed by atoms with Gasteiger partial charge in [0.05, 0.1) is 61.1 Å². The monoisotopic (exact) mass is 849 g/mol. The van der Waals surface area contributed by atoms with Crippen molar-refractivity contribution < 1.29 is 19.1 Å². The molecule has 5 aromatic rings. The molecule has 330 valence electrons. The van der Waals surface area contributed by atoms with E-state index in [1.807, 2.05) is 48.5 Å². The minimum Gasteiger partial charge on any atom is -0.497 e. The van der Waals surface area contributed by atoms with E-state index in [4.69, 9.17) is 9.47 Å². The summed E-state index contributed by atoms with van der Waals surface area (Å²) in [5.41, 5.74) is 10.1. The molecule has 3 aliphatic heterocycles. The molecule has 0 spiro atoms. The zero-order valence-electron chi connectivity index (χ0n) is 37.4. The summed E-state index contributed by atoms with van der Waals surface area (Å²) in [6.45, 7) is 9.59. The van der Waals surface area contributed by atoms with Gasteiger partial charge in [-0.15, -0.1) is 0 Å². The Morgan fingerprint density at radius 2 is 1.03 bits per heavy atom. The van der Waals surface area contributed by atoms with Gasteiger partial charge in [-0.05, 0) is 146 Å². The number of carbonyl (C=O) groups excluding carboxylic acids is 2. The maximum absolute atomic E-state index is 13.7. The van der Waals surface area contributed by atoms with Gasteiger partial charge in [-0.25, -0.2) is 0 Å².